The number of amides is 4. The van der Waals surface area contributed by atoms with E-state index in [4.69, 9.17) is 0 Å². The van der Waals surface area contributed by atoms with Gasteiger partial charge in [0.05, 0.1) is 29.7 Å². The van der Waals surface area contributed by atoms with Crippen molar-refractivity contribution >= 4 is 23.6 Å². The molecule has 2 aromatic rings. The molecule has 2 aromatic carbocycles. The van der Waals surface area contributed by atoms with Gasteiger partial charge in [-0.15, -0.1) is 0 Å². The van der Waals surface area contributed by atoms with Gasteiger partial charge in [0, 0.05) is 0 Å². The minimum Gasteiger partial charge on any atom is -0.507 e. The van der Waals surface area contributed by atoms with Crippen LogP contribution in [-0.4, -0.2) is 64.1 Å². The molecule has 3 rings (SSSR count). The first-order valence-corrected chi connectivity index (χ1v) is 12.7. The molecule has 1 saturated heterocycles. The van der Waals surface area contributed by atoms with Gasteiger partial charge in [0.15, 0.2) is 0 Å². The van der Waals surface area contributed by atoms with Crippen molar-refractivity contribution in [2.24, 2.45) is 11.8 Å². The molecule has 1 fully saturated rings. The van der Waals surface area contributed by atoms with Gasteiger partial charge in [-0.1, -0.05) is 63.2 Å². The molecule has 1 aliphatic rings. The Morgan fingerprint density at radius 2 is 1.53 bits per heavy atom. The summed E-state index contributed by atoms with van der Waals surface area (Å²) in [5.41, 5.74) is 0.791. The molecule has 0 radical (unpaired) electrons. The number of carbonyl (C=O) groups excluding carboxylic acids is 4. The van der Waals surface area contributed by atoms with Crippen molar-refractivity contribution in [2.45, 2.75) is 64.4 Å². The van der Waals surface area contributed by atoms with E-state index in [-0.39, 0.29) is 23.7 Å². The number of rotatable bonds is 5. The minimum atomic E-state index is -1.29. The third-order valence-corrected chi connectivity index (χ3v) is 6.80. The number of phenolic OH excluding ortho intramolecular Hbond substituents is 1. The van der Waals surface area contributed by atoms with Gasteiger partial charge in [-0.25, -0.2) is 0 Å². The lowest BCUT2D eigenvalue weighted by Crippen LogP contribution is -2.64. The lowest BCUT2D eigenvalue weighted by atomic mass is 9.90. The second-order valence-electron chi connectivity index (χ2n) is 10.1. The number of aliphatic hydroxyl groups is 1. The van der Waals surface area contributed by atoms with Gasteiger partial charge in [0.1, 0.15) is 17.8 Å². The van der Waals surface area contributed by atoms with Crippen LogP contribution in [0.3, 0.4) is 0 Å². The Labute approximate surface area is 222 Å². The fourth-order valence-electron chi connectivity index (χ4n) is 4.42. The highest BCUT2D eigenvalue weighted by Gasteiger charge is 2.38. The van der Waals surface area contributed by atoms with E-state index < -0.39 is 59.8 Å². The topological polar surface area (TPSA) is 157 Å². The molecule has 38 heavy (non-hydrogen) atoms. The van der Waals surface area contributed by atoms with Crippen molar-refractivity contribution in [3.05, 3.63) is 65.7 Å². The number of benzene rings is 2. The SMILES string of the molecule is CC(C)C1NC(=O)[C@H](C)[C@H](O)[C@H](Cc2ccccc2)NC(=O)[C@@H](NC(=O)c2ccccc2O)[C@@H](C)NC1=O. The van der Waals surface area contributed by atoms with Crippen molar-refractivity contribution in [1.29, 1.82) is 0 Å². The molecule has 0 spiro atoms. The van der Waals surface area contributed by atoms with E-state index in [1.165, 1.54) is 19.1 Å². The smallest absolute Gasteiger partial charge is 0.255 e. The van der Waals surface area contributed by atoms with Crippen LogP contribution < -0.4 is 21.3 Å². The maximum Gasteiger partial charge on any atom is 0.255 e. The van der Waals surface area contributed by atoms with Gasteiger partial charge in [0.2, 0.25) is 17.7 Å². The molecule has 0 aromatic heterocycles. The summed E-state index contributed by atoms with van der Waals surface area (Å²) in [6, 6.07) is 11.1. The Morgan fingerprint density at radius 3 is 2.16 bits per heavy atom. The summed E-state index contributed by atoms with van der Waals surface area (Å²) in [5, 5.41) is 32.2. The Hall–Kier alpha value is -3.92. The Bertz CT molecular complexity index is 1160. The quantitative estimate of drug-likeness (QED) is 0.341. The first-order valence-electron chi connectivity index (χ1n) is 12.7. The van der Waals surface area contributed by atoms with Gasteiger partial charge < -0.3 is 31.5 Å². The van der Waals surface area contributed by atoms with Crippen LogP contribution in [0.25, 0.3) is 0 Å². The Morgan fingerprint density at radius 1 is 0.895 bits per heavy atom. The second kappa shape index (κ2) is 12.6. The summed E-state index contributed by atoms with van der Waals surface area (Å²) < 4.78 is 0. The third kappa shape index (κ3) is 6.89. The minimum absolute atomic E-state index is 0.0354. The monoisotopic (exact) mass is 524 g/mol. The summed E-state index contributed by atoms with van der Waals surface area (Å²) in [6.07, 6.45) is -1.07. The van der Waals surface area contributed by atoms with Crippen molar-refractivity contribution in [1.82, 2.24) is 21.3 Å². The second-order valence-corrected chi connectivity index (χ2v) is 10.1. The molecular weight excluding hydrogens is 488 g/mol. The van der Waals surface area contributed by atoms with Crippen LogP contribution in [0.2, 0.25) is 0 Å². The van der Waals surface area contributed by atoms with Gasteiger partial charge in [0.25, 0.3) is 5.91 Å². The number of aromatic hydroxyl groups is 1. The standard InChI is InChI=1S/C28H36N4O6/c1-15(2)22-27(37)29-17(4)23(32-26(36)19-12-8-9-13-21(19)33)28(38)30-20(14-18-10-6-5-7-11-18)24(34)16(3)25(35)31-22/h5-13,15-17,20,22-24,33-34H,14H2,1-4H3,(H,29,37)(H,30,38)(H,31,35)(H,32,36)/t16-,17-,20+,22?,23+,24+/m1/s1. The number of hydrogen-bond donors (Lipinski definition) is 6. The summed E-state index contributed by atoms with van der Waals surface area (Å²) in [7, 11) is 0. The van der Waals surface area contributed by atoms with Crippen molar-refractivity contribution in [3.63, 3.8) is 0 Å². The van der Waals surface area contributed by atoms with E-state index in [0.717, 1.165) is 5.56 Å². The zero-order valence-corrected chi connectivity index (χ0v) is 22.0. The highest BCUT2D eigenvalue weighted by atomic mass is 16.3. The fraction of sp³-hybridized carbons (Fsp3) is 0.429. The molecule has 1 unspecified atom stereocenters. The van der Waals surface area contributed by atoms with E-state index in [0.29, 0.717) is 0 Å². The lowest BCUT2D eigenvalue weighted by Gasteiger charge is -2.34. The normalized spacial score (nSPS) is 26.8. The molecule has 0 saturated carbocycles. The maximum atomic E-state index is 13.6. The molecule has 1 aliphatic heterocycles. The molecule has 0 bridgehead atoms. The number of aliphatic hydroxyl groups excluding tert-OH is 1. The number of carbonyl (C=O) groups is 4. The highest BCUT2D eigenvalue weighted by molar-refractivity contribution is 6.00. The van der Waals surface area contributed by atoms with Crippen LogP contribution in [0.5, 0.6) is 5.75 Å². The number of nitrogens with one attached hydrogen (secondary N) is 4. The van der Waals surface area contributed by atoms with E-state index in [2.05, 4.69) is 21.3 Å². The lowest BCUT2D eigenvalue weighted by molar-refractivity contribution is -0.136. The predicted molar refractivity (Wildman–Crippen MR) is 141 cm³/mol. The molecule has 6 N–H and O–H groups in total. The maximum absolute atomic E-state index is 13.6. The van der Waals surface area contributed by atoms with E-state index in [1.807, 2.05) is 30.3 Å². The van der Waals surface area contributed by atoms with E-state index >= 15 is 0 Å². The summed E-state index contributed by atoms with van der Waals surface area (Å²) in [6.45, 7) is 6.63. The molecule has 6 atom stereocenters. The molecule has 204 valence electrons. The molecule has 1 heterocycles. The largest absolute Gasteiger partial charge is 0.507 e. The molecule has 0 aliphatic carbocycles. The number of hydrogen-bond acceptors (Lipinski definition) is 6. The van der Waals surface area contributed by atoms with Crippen LogP contribution in [0.1, 0.15) is 43.6 Å². The molecular formula is C28H36N4O6. The van der Waals surface area contributed by atoms with Crippen LogP contribution in [-0.2, 0) is 20.8 Å². The third-order valence-electron chi connectivity index (χ3n) is 6.80. The molecule has 4 amide bonds. The van der Waals surface area contributed by atoms with E-state index in [1.54, 1.807) is 32.9 Å². The van der Waals surface area contributed by atoms with Gasteiger partial charge in [-0.2, -0.15) is 0 Å². The van der Waals surface area contributed by atoms with Crippen LogP contribution >= 0.6 is 0 Å². The van der Waals surface area contributed by atoms with Crippen molar-refractivity contribution in [3.8, 4) is 5.75 Å². The summed E-state index contributed by atoms with van der Waals surface area (Å²) >= 11 is 0. The van der Waals surface area contributed by atoms with Gasteiger partial charge >= 0.3 is 0 Å². The van der Waals surface area contributed by atoms with Crippen LogP contribution in [0.4, 0.5) is 0 Å². The first kappa shape index (κ1) is 28.6. The fourth-order valence-corrected chi connectivity index (χ4v) is 4.42. The first-order chi connectivity index (χ1) is 18.0. The summed E-state index contributed by atoms with van der Waals surface area (Å²) in [5.74, 6) is -3.92. The predicted octanol–water partition coefficient (Wildman–Crippen LogP) is 0.874. The van der Waals surface area contributed by atoms with Crippen LogP contribution in [0, 0.1) is 11.8 Å². The number of para-hydroxylation sites is 1. The molecule has 10 nitrogen and oxygen atoms in total. The number of phenols is 1. The summed E-state index contributed by atoms with van der Waals surface area (Å²) in [4.78, 5) is 52.7. The highest BCUT2D eigenvalue weighted by Crippen LogP contribution is 2.18. The Kier molecular flexibility index (Phi) is 9.46. The zero-order valence-electron chi connectivity index (χ0n) is 22.0. The van der Waals surface area contributed by atoms with Gasteiger partial charge in [-0.3, -0.25) is 19.2 Å². The Balaban J connectivity index is 1.99. The zero-order chi connectivity index (χ0) is 28.0. The van der Waals surface area contributed by atoms with E-state index in [9.17, 15) is 29.4 Å². The van der Waals surface area contributed by atoms with Gasteiger partial charge in [-0.05, 0) is 37.0 Å². The van der Waals surface area contributed by atoms with Crippen molar-refractivity contribution in [2.75, 3.05) is 0 Å². The van der Waals surface area contributed by atoms with Crippen molar-refractivity contribution < 1.29 is 29.4 Å². The average Bonchev–Trinajstić information content (AvgIpc) is 2.88. The average molecular weight is 525 g/mol. The van der Waals surface area contributed by atoms with Crippen LogP contribution in [0.15, 0.2) is 54.6 Å². The molecule has 10 heteroatoms.